The summed E-state index contributed by atoms with van der Waals surface area (Å²) in [4.78, 5) is 19.1. The zero-order chi connectivity index (χ0) is 19.3. The van der Waals surface area contributed by atoms with Gasteiger partial charge in [0.25, 0.3) is 0 Å². The SMILES string of the molecule is O=C(CSc1n[nH]c(-c2ccccc2Br)n1)Nc1ccc(N2CCCC2)cc1. The Balaban J connectivity index is 1.30. The van der Waals surface area contributed by atoms with Gasteiger partial charge in [0.05, 0.1) is 5.75 Å². The van der Waals surface area contributed by atoms with E-state index in [-0.39, 0.29) is 11.7 Å². The molecule has 0 bridgehead atoms. The van der Waals surface area contributed by atoms with Crippen LogP contribution in [0.2, 0.25) is 0 Å². The maximum absolute atomic E-state index is 12.2. The van der Waals surface area contributed by atoms with Crippen LogP contribution in [0.1, 0.15) is 12.8 Å². The Morgan fingerprint density at radius 2 is 1.89 bits per heavy atom. The molecule has 1 fully saturated rings. The van der Waals surface area contributed by atoms with Crippen molar-refractivity contribution < 1.29 is 4.79 Å². The Labute approximate surface area is 176 Å². The van der Waals surface area contributed by atoms with Crippen molar-refractivity contribution >= 4 is 45.0 Å². The second kappa shape index (κ2) is 8.79. The third-order valence-electron chi connectivity index (χ3n) is 4.55. The maximum Gasteiger partial charge on any atom is 0.234 e. The van der Waals surface area contributed by atoms with Gasteiger partial charge >= 0.3 is 0 Å². The number of aromatic amines is 1. The molecule has 2 heterocycles. The van der Waals surface area contributed by atoms with Crippen LogP contribution in [0.15, 0.2) is 58.2 Å². The number of H-pyrrole nitrogens is 1. The number of nitrogens with one attached hydrogen (secondary N) is 2. The van der Waals surface area contributed by atoms with Gasteiger partial charge in [0, 0.05) is 34.5 Å². The molecule has 2 N–H and O–H groups in total. The quantitative estimate of drug-likeness (QED) is 0.530. The molecule has 0 spiro atoms. The smallest absolute Gasteiger partial charge is 0.234 e. The van der Waals surface area contributed by atoms with Crippen molar-refractivity contribution in [2.45, 2.75) is 18.0 Å². The summed E-state index contributed by atoms with van der Waals surface area (Å²) in [7, 11) is 0. The summed E-state index contributed by atoms with van der Waals surface area (Å²) in [6.45, 7) is 2.22. The van der Waals surface area contributed by atoms with E-state index in [4.69, 9.17) is 0 Å². The number of thioether (sulfide) groups is 1. The minimum absolute atomic E-state index is 0.0776. The molecule has 1 saturated heterocycles. The number of aromatic nitrogens is 3. The topological polar surface area (TPSA) is 73.9 Å². The highest BCUT2D eigenvalue weighted by molar-refractivity contribution is 9.10. The summed E-state index contributed by atoms with van der Waals surface area (Å²) in [5.74, 6) is 0.847. The number of hydrogen-bond acceptors (Lipinski definition) is 5. The molecule has 0 saturated carbocycles. The van der Waals surface area contributed by atoms with Crippen molar-refractivity contribution in [1.82, 2.24) is 15.2 Å². The number of nitrogens with zero attached hydrogens (tertiary/aromatic N) is 3. The first-order valence-corrected chi connectivity index (χ1v) is 10.9. The van der Waals surface area contributed by atoms with Crippen LogP contribution in [0.4, 0.5) is 11.4 Å². The first-order valence-electron chi connectivity index (χ1n) is 9.14. The predicted octanol–water partition coefficient (Wildman–Crippen LogP) is 4.57. The fraction of sp³-hybridized carbons (Fsp3) is 0.250. The van der Waals surface area contributed by atoms with Gasteiger partial charge in [0.1, 0.15) is 0 Å². The Bertz CT molecular complexity index is 953. The lowest BCUT2D eigenvalue weighted by molar-refractivity contribution is -0.113. The molecule has 1 aliphatic heterocycles. The lowest BCUT2D eigenvalue weighted by Gasteiger charge is -2.17. The molecule has 0 atom stereocenters. The van der Waals surface area contributed by atoms with Gasteiger partial charge in [-0.05, 0) is 43.2 Å². The van der Waals surface area contributed by atoms with Crippen LogP contribution in [-0.2, 0) is 4.79 Å². The van der Waals surface area contributed by atoms with Gasteiger partial charge in [-0.3, -0.25) is 9.89 Å². The van der Waals surface area contributed by atoms with Crippen molar-refractivity contribution in [2.24, 2.45) is 0 Å². The number of hydrogen-bond donors (Lipinski definition) is 2. The van der Waals surface area contributed by atoms with E-state index in [0.29, 0.717) is 11.0 Å². The summed E-state index contributed by atoms with van der Waals surface area (Å²) in [5.41, 5.74) is 2.95. The first kappa shape index (κ1) is 19.0. The molecule has 0 radical (unpaired) electrons. The van der Waals surface area contributed by atoms with Crippen molar-refractivity contribution in [2.75, 3.05) is 29.1 Å². The molecule has 28 heavy (non-hydrogen) atoms. The Morgan fingerprint density at radius 3 is 2.64 bits per heavy atom. The molecule has 6 nitrogen and oxygen atoms in total. The van der Waals surface area contributed by atoms with Crippen LogP contribution in [0.5, 0.6) is 0 Å². The largest absolute Gasteiger partial charge is 0.372 e. The lowest BCUT2D eigenvalue weighted by Crippen LogP contribution is -2.18. The summed E-state index contributed by atoms with van der Waals surface area (Å²) in [6, 6.07) is 15.8. The standard InChI is InChI=1S/C20H20BrN5OS/c21-17-6-2-1-5-16(17)19-23-20(25-24-19)28-13-18(27)22-14-7-9-15(10-8-14)26-11-3-4-12-26/h1-2,5-10H,3-4,11-13H2,(H,22,27)(H,23,24,25). The van der Waals surface area contributed by atoms with Gasteiger partial charge in [-0.2, -0.15) is 0 Å². The number of rotatable bonds is 6. The van der Waals surface area contributed by atoms with E-state index in [2.05, 4.69) is 53.5 Å². The summed E-state index contributed by atoms with van der Waals surface area (Å²) >= 11 is 4.81. The average Bonchev–Trinajstić information content (AvgIpc) is 3.40. The number of carbonyl (C=O) groups excluding carboxylic acids is 1. The molecule has 0 unspecified atom stereocenters. The predicted molar refractivity (Wildman–Crippen MR) is 117 cm³/mol. The van der Waals surface area contributed by atoms with E-state index in [9.17, 15) is 4.79 Å². The van der Waals surface area contributed by atoms with E-state index >= 15 is 0 Å². The fourth-order valence-electron chi connectivity index (χ4n) is 3.14. The number of halogens is 1. The normalized spacial score (nSPS) is 13.7. The molecular formula is C20H20BrN5OS. The highest BCUT2D eigenvalue weighted by Crippen LogP contribution is 2.26. The van der Waals surface area contributed by atoms with Crippen LogP contribution in [0.3, 0.4) is 0 Å². The Morgan fingerprint density at radius 1 is 1.14 bits per heavy atom. The van der Waals surface area contributed by atoms with Crippen LogP contribution >= 0.6 is 27.7 Å². The number of carbonyl (C=O) groups is 1. The van der Waals surface area contributed by atoms with Crippen LogP contribution in [-0.4, -0.2) is 39.9 Å². The van der Waals surface area contributed by atoms with Gasteiger partial charge in [-0.15, -0.1) is 5.10 Å². The van der Waals surface area contributed by atoms with Crippen molar-refractivity contribution in [1.29, 1.82) is 0 Å². The van der Waals surface area contributed by atoms with E-state index in [1.54, 1.807) is 0 Å². The molecule has 1 aliphatic rings. The number of anilines is 2. The van der Waals surface area contributed by atoms with Gasteiger partial charge in [0.2, 0.25) is 11.1 Å². The summed E-state index contributed by atoms with van der Waals surface area (Å²) in [6.07, 6.45) is 2.50. The molecule has 144 valence electrons. The number of amides is 1. The zero-order valence-corrected chi connectivity index (χ0v) is 17.6. The van der Waals surface area contributed by atoms with E-state index < -0.39 is 0 Å². The minimum Gasteiger partial charge on any atom is -0.372 e. The minimum atomic E-state index is -0.0776. The first-order chi connectivity index (χ1) is 13.7. The third-order valence-corrected chi connectivity index (χ3v) is 6.09. The average molecular weight is 458 g/mol. The van der Waals surface area contributed by atoms with Crippen molar-refractivity contribution in [3.05, 3.63) is 53.0 Å². The van der Waals surface area contributed by atoms with Crippen molar-refractivity contribution in [3.63, 3.8) is 0 Å². The second-order valence-corrected chi connectivity index (χ2v) is 8.32. The van der Waals surface area contributed by atoms with Gasteiger partial charge in [-0.1, -0.05) is 45.9 Å². The highest BCUT2D eigenvalue weighted by Gasteiger charge is 2.13. The van der Waals surface area contributed by atoms with Crippen LogP contribution in [0.25, 0.3) is 11.4 Å². The summed E-state index contributed by atoms with van der Waals surface area (Å²) in [5, 5.41) is 10.6. The van der Waals surface area contributed by atoms with Crippen LogP contribution in [0, 0.1) is 0 Å². The van der Waals surface area contributed by atoms with E-state index in [0.717, 1.165) is 28.8 Å². The molecule has 1 aromatic heterocycles. The maximum atomic E-state index is 12.2. The third kappa shape index (κ3) is 4.56. The van der Waals surface area contributed by atoms with Gasteiger partial charge in [0.15, 0.2) is 5.82 Å². The molecule has 2 aromatic carbocycles. The Kier molecular flexibility index (Phi) is 5.97. The second-order valence-electron chi connectivity index (χ2n) is 6.52. The van der Waals surface area contributed by atoms with Crippen molar-refractivity contribution in [3.8, 4) is 11.4 Å². The molecule has 8 heteroatoms. The lowest BCUT2D eigenvalue weighted by atomic mass is 10.2. The number of benzene rings is 2. The zero-order valence-electron chi connectivity index (χ0n) is 15.2. The van der Waals surface area contributed by atoms with Gasteiger partial charge < -0.3 is 10.2 Å². The fourth-order valence-corrected chi connectivity index (χ4v) is 4.21. The monoisotopic (exact) mass is 457 g/mol. The molecule has 0 aliphatic carbocycles. The molecule has 3 aromatic rings. The van der Waals surface area contributed by atoms with E-state index in [1.807, 2.05) is 36.4 Å². The van der Waals surface area contributed by atoms with Crippen LogP contribution < -0.4 is 10.2 Å². The molecule has 4 rings (SSSR count). The van der Waals surface area contributed by atoms with Gasteiger partial charge in [-0.25, -0.2) is 4.98 Å². The molecule has 1 amide bonds. The summed E-state index contributed by atoms with van der Waals surface area (Å²) < 4.78 is 0.942. The molecular weight excluding hydrogens is 438 g/mol. The van der Waals surface area contributed by atoms with E-state index in [1.165, 1.54) is 30.3 Å². The Hall–Kier alpha value is -2.32. The highest BCUT2D eigenvalue weighted by atomic mass is 79.9.